The Morgan fingerprint density at radius 1 is 1.41 bits per heavy atom. The number of hydrogen-bond acceptors (Lipinski definition) is 5. The van der Waals surface area contributed by atoms with Gasteiger partial charge in [0.2, 0.25) is 5.91 Å². The number of nitrogens with zero attached hydrogens (tertiary/aromatic N) is 4. The number of aromatic nitrogens is 5. The molecule has 1 amide bonds. The third kappa shape index (κ3) is 2.68. The van der Waals surface area contributed by atoms with Crippen molar-refractivity contribution < 1.29 is 9.90 Å². The van der Waals surface area contributed by atoms with Gasteiger partial charge in [0.25, 0.3) is 0 Å². The van der Waals surface area contributed by atoms with Crippen LogP contribution in [0.3, 0.4) is 0 Å². The zero-order valence-corrected chi connectivity index (χ0v) is 11.9. The summed E-state index contributed by atoms with van der Waals surface area (Å²) in [7, 11) is 0. The highest BCUT2D eigenvalue weighted by Gasteiger charge is 2.16. The second-order valence-corrected chi connectivity index (χ2v) is 4.94. The molecule has 0 aliphatic rings. The summed E-state index contributed by atoms with van der Waals surface area (Å²) >= 11 is 0. The summed E-state index contributed by atoms with van der Waals surface area (Å²) in [6, 6.07) is 5.69. The van der Waals surface area contributed by atoms with Crippen molar-refractivity contribution >= 4 is 16.8 Å². The average Bonchev–Trinajstić information content (AvgIpc) is 3.10. The minimum absolute atomic E-state index is 0.0459. The summed E-state index contributed by atoms with van der Waals surface area (Å²) in [4.78, 5) is 15.8. The van der Waals surface area contributed by atoms with Crippen LogP contribution in [-0.2, 0) is 17.8 Å². The normalized spacial score (nSPS) is 11.1. The van der Waals surface area contributed by atoms with E-state index in [0.717, 1.165) is 16.5 Å². The predicted molar refractivity (Wildman–Crippen MR) is 79.7 cm³/mol. The van der Waals surface area contributed by atoms with Gasteiger partial charge in [-0.3, -0.25) is 9.89 Å². The molecule has 0 aliphatic carbocycles. The summed E-state index contributed by atoms with van der Waals surface area (Å²) in [5.74, 6) is 0.656. The van der Waals surface area contributed by atoms with Gasteiger partial charge in [-0.2, -0.15) is 10.2 Å². The predicted octanol–water partition coefficient (Wildman–Crippen LogP) is 0.232. The van der Waals surface area contributed by atoms with Crippen molar-refractivity contribution in [3.63, 3.8) is 0 Å². The van der Waals surface area contributed by atoms with Crippen LogP contribution < -0.4 is 5.73 Å². The van der Waals surface area contributed by atoms with Gasteiger partial charge in [-0.1, -0.05) is 12.1 Å². The first-order valence-corrected chi connectivity index (χ1v) is 6.94. The fraction of sp³-hybridized carbons (Fsp3) is 0.286. The first-order chi connectivity index (χ1) is 10.7. The molecule has 1 aromatic carbocycles. The molecule has 0 fully saturated rings. The summed E-state index contributed by atoms with van der Waals surface area (Å²) in [6.45, 7) is 0.0205. The van der Waals surface area contributed by atoms with Crippen LogP contribution in [0.4, 0.5) is 0 Å². The van der Waals surface area contributed by atoms with Gasteiger partial charge >= 0.3 is 0 Å². The summed E-state index contributed by atoms with van der Waals surface area (Å²) in [5.41, 5.74) is 6.99. The largest absolute Gasteiger partial charge is 0.396 e. The topological polar surface area (TPSA) is 123 Å². The Bertz CT molecular complexity index is 807. The fourth-order valence-corrected chi connectivity index (χ4v) is 2.35. The Kier molecular flexibility index (Phi) is 3.84. The molecule has 0 bridgehead atoms. The van der Waals surface area contributed by atoms with E-state index in [1.54, 1.807) is 6.20 Å². The van der Waals surface area contributed by atoms with E-state index in [1.165, 1.54) is 4.68 Å². The number of carbonyl (C=O) groups excluding carboxylic acids is 1. The Morgan fingerprint density at radius 2 is 2.27 bits per heavy atom. The fourth-order valence-electron chi connectivity index (χ4n) is 2.35. The van der Waals surface area contributed by atoms with E-state index in [2.05, 4.69) is 20.3 Å². The first kappa shape index (κ1) is 14.2. The van der Waals surface area contributed by atoms with E-state index in [0.29, 0.717) is 24.5 Å². The van der Waals surface area contributed by atoms with Crippen LogP contribution in [0.5, 0.6) is 0 Å². The molecule has 0 radical (unpaired) electrons. The molecule has 0 unspecified atom stereocenters. The molecule has 0 spiro atoms. The van der Waals surface area contributed by atoms with Gasteiger partial charge in [0.1, 0.15) is 6.54 Å². The third-order valence-electron chi connectivity index (χ3n) is 3.31. The van der Waals surface area contributed by atoms with Gasteiger partial charge in [-0.05, 0) is 12.5 Å². The van der Waals surface area contributed by atoms with Gasteiger partial charge in [-0.25, -0.2) is 9.67 Å². The Hall–Kier alpha value is -2.74. The van der Waals surface area contributed by atoms with Gasteiger partial charge in [0, 0.05) is 24.0 Å². The Morgan fingerprint density at radius 3 is 3.05 bits per heavy atom. The number of rotatable bonds is 6. The lowest BCUT2D eigenvalue weighted by molar-refractivity contribution is -0.118. The van der Waals surface area contributed by atoms with Crippen LogP contribution in [0.2, 0.25) is 0 Å². The van der Waals surface area contributed by atoms with Crippen LogP contribution >= 0.6 is 0 Å². The number of nitrogens with two attached hydrogens (primary N) is 1. The smallest absolute Gasteiger partial charge is 0.239 e. The van der Waals surface area contributed by atoms with Gasteiger partial charge in [0.05, 0.1) is 11.7 Å². The molecule has 22 heavy (non-hydrogen) atoms. The first-order valence-electron chi connectivity index (χ1n) is 6.94. The van der Waals surface area contributed by atoms with E-state index >= 15 is 0 Å². The van der Waals surface area contributed by atoms with Crippen molar-refractivity contribution in [2.45, 2.75) is 19.4 Å². The molecule has 2 heterocycles. The molecule has 2 aromatic heterocycles. The molecule has 3 aromatic rings. The lowest BCUT2D eigenvalue weighted by Crippen LogP contribution is -2.20. The minimum Gasteiger partial charge on any atom is -0.396 e. The summed E-state index contributed by atoms with van der Waals surface area (Å²) in [5, 5.41) is 21.1. The van der Waals surface area contributed by atoms with Crippen LogP contribution in [0.1, 0.15) is 12.2 Å². The number of H-pyrrole nitrogens is 1. The van der Waals surface area contributed by atoms with Crippen LogP contribution in [-0.4, -0.2) is 42.6 Å². The van der Waals surface area contributed by atoms with Crippen LogP contribution in [0.25, 0.3) is 22.3 Å². The number of aromatic amines is 1. The van der Waals surface area contributed by atoms with Crippen molar-refractivity contribution in [2.24, 2.45) is 5.73 Å². The highest BCUT2D eigenvalue weighted by atomic mass is 16.2. The molecule has 8 nitrogen and oxygen atoms in total. The zero-order chi connectivity index (χ0) is 15.5. The molecule has 0 atom stereocenters. The second kappa shape index (κ2) is 5.94. The zero-order valence-electron chi connectivity index (χ0n) is 11.9. The van der Waals surface area contributed by atoms with Crippen LogP contribution in [0, 0.1) is 0 Å². The molecular weight excluding hydrogens is 284 g/mol. The number of aliphatic hydroxyl groups is 1. The van der Waals surface area contributed by atoms with Crippen molar-refractivity contribution in [1.29, 1.82) is 0 Å². The number of aryl methyl sites for hydroxylation is 1. The van der Waals surface area contributed by atoms with E-state index in [9.17, 15) is 4.79 Å². The number of amides is 1. The standard InChI is InChI=1S/C14H16N6O2/c15-12(22)8-20-14(17-13(19-20)5-2-6-21)9-3-1-4-11-10(9)7-16-18-11/h1,3-4,7,21H,2,5-6,8H2,(H2,15,22)(H,16,18). The number of benzene rings is 1. The van der Waals surface area contributed by atoms with Crippen molar-refractivity contribution in [3.05, 3.63) is 30.2 Å². The van der Waals surface area contributed by atoms with E-state index < -0.39 is 5.91 Å². The number of aliphatic hydroxyl groups excluding tert-OH is 1. The lowest BCUT2D eigenvalue weighted by Gasteiger charge is -2.04. The minimum atomic E-state index is -0.487. The molecule has 0 saturated heterocycles. The highest BCUT2D eigenvalue weighted by Crippen LogP contribution is 2.26. The van der Waals surface area contributed by atoms with E-state index in [-0.39, 0.29) is 13.2 Å². The highest BCUT2D eigenvalue weighted by molar-refractivity contribution is 5.92. The van der Waals surface area contributed by atoms with E-state index in [1.807, 2.05) is 18.2 Å². The van der Waals surface area contributed by atoms with Crippen molar-refractivity contribution in [2.75, 3.05) is 6.61 Å². The number of hydrogen-bond donors (Lipinski definition) is 3. The molecule has 4 N–H and O–H groups in total. The van der Waals surface area contributed by atoms with Gasteiger partial charge < -0.3 is 10.8 Å². The molecule has 0 saturated carbocycles. The Labute approximate surface area is 126 Å². The van der Waals surface area contributed by atoms with Crippen LogP contribution in [0.15, 0.2) is 24.4 Å². The number of carbonyl (C=O) groups is 1. The van der Waals surface area contributed by atoms with Crippen molar-refractivity contribution in [1.82, 2.24) is 25.0 Å². The third-order valence-corrected chi connectivity index (χ3v) is 3.31. The average molecular weight is 300 g/mol. The maximum atomic E-state index is 11.3. The molecule has 0 aliphatic heterocycles. The lowest BCUT2D eigenvalue weighted by atomic mass is 10.1. The summed E-state index contributed by atoms with van der Waals surface area (Å²) in [6.07, 6.45) is 2.81. The molecular formula is C14H16N6O2. The van der Waals surface area contributed by atoms with Crippen molar-refractivity contribution in [3.8, 4) is 11.4 Å². The molecule has 114 valence electrons. The quantitative estimate of drug-likeness (QED) is 0.601. The number of primary amides is 1. The Balaban J connectivity index is 2.09. The monoisotopic (exact) mass is 300 g/mol. The molecule has 3 rings (SSSR count). The maximum Gasteiger partial charge on any atom is 0.239 e. The summed E-state index contributed by atoms with van der Waals surface area (Å²) < 4.78 is 1.50. The number of fused-ring (bicyclic) bond motifs is 1. The van der Waals surface area contributed by atoms with E-state index in [4.69, 9.17) is 10.8 Å². The maximum absolute atomic E-state index is 11.3. The van der Waals surface area contributed by atoms with Gasteiger partial charge in [-0.15, -0.1) is 0 Å². The number of nitrogens with one attached hydrogen (secondary N) is 1. The second-order valence-electron chi connectivity index (χ2n) is 4.94. The SMILES string of the molecule is NC(=O)Cn1nc(CCCO)nc1-c1cccc2[nH]ncc12. The molecule has 8 heteroatoms. The van der Waals surface area contributed by atoms with Gasteiger partial charge in [0.15, 0.2) is 11.6 Å².